The maximum atomic E-state index is 7.26. The van der Waals surface area contributed by atoms with Gasteiger partial charge in [0.25, 0.3) is 0 Å². The number of rotatable bonds is 18. The van der Waals surface area contributed by atoms with Gasteiger partial charge in [0, 0.05) is 25.7 Å². The zero-order valence-electron chi connectivity index (χ0n) is 58.1. The van der Waals surface area contributed by atoms with E-state index in [0.717, 1.165) is 133 Å². The summed E-state index contributed by atoms with van der Waals surface area (Å²) in [6.07, 6.45) is 6.76. The lowest BCUT2D eigenvalue weighted by Crippen LogP contribution is -2.20. The van der Waals surface area contributed by atoms with E-state index in [1.54, 1.807) is 0 Å². The lowest BCUT2D eigenvalue weighted by atomic mass is 9.88. The molecule has 0 aromatic heterocycles. The predicted octanol–water partition coefficient (Wildman–Crippen LogP) is 20.5. The Labute approximate surface area is 609 Å². The number of hydrogen-bond donors (Lipinski definition) is 0. The summed E-state index contributed by atoms with van der Waals surface area (Å²) in [4.78, 5) is 0. The molecule has 1 aliphatic carbocycles. The Kier molecular flexibility index (Phi) is 20.7. The summed E-state index contributed by atoms with van der Waals surface area (Å²) in [5.74, 6) is 3.65. The van der Waals surface area contributed by atoms with Crippen LogP contribution in [0.3, 0.4) is 0 Å². The van der Waals surface area contributed by atoms with Crippen molar-refractivity contribution in [2.45, 2.75) is 71.0 Å². The highest BCUT2D eigenvalue weighted by atomic mass is 31.1. The van der Waals surface area contributed by atoms with Crippen LogP contribution < -0.4 is 50.8 Å². The first-order chi connectivity index (χ1) is 51.0. The summed E-state index contributed by atoms with van der Waals surface area (Å²) in [5.41, 5.74) is 20.9. The van der Waals surface area contributed by atoms with Crippen LogP contribution in [-0.2, 0) is 51.7 Å². The fourth-order valence-corrected chi connectivity index (χ4v) is 19.3. The van der Waals surface area contributed by atoms with Crippen LogP contribution in [0.5, 0.6) is 23.0 Å². The SMILES string of the molecule is c1ccc(COc2c3cccc2Cc2cc(-c4ccc(Cc5ccc(P(c6ccccc6)c6ccccc6)cc5)cc4)cc4c2OCCCCCOc2c(cc(-c5ccc(Cc6ccc(P(c7ccccc7)c7ccccc7)cc6)cc5)cc2Cc2cccc(c2OCc2ccccc2)C4)C3)cc1. The van der Waals surface area contributed by atoms with Crippen LogP contribution in [0.4, 0.5) is 0 Å². The molecule has 0 radical (unpaired) electrons. The molecule has 6 heteroatoms. The van der Waals surface area contributed by atoms with E-state index in [1.165, 1.54) is 54.1 Å². The van der Waals surface area contributed by atoms with Gasteiger partial charge in [0.15, 0.2) is 0 Å². The Morgan fingerprint density at radius 2 is 0.505 bits per heavy atom. The number of benzene rings is 14. The van der Waals surface area contributed by atoms with E-state index in [9.17, 15) is 0 Å². The normalized spacial score (nSPS) is 12.8. The van der Waals surface area contributed by atoms with E-state index in [-0.39, 0.29) is 0 Å². The van der Waals surface area contributed by atoms with Crippen molar-refractivity contribution >= 4 is 47.7 Å². The second-order valence-electron chi connectivity index (χ2n) is 27.2. The molecule has 14 aromatic rings. The molecule has 0 saturated carbocycles. The summed E-state index contributed by atoms with van der Waals surface area (Å²) in [6.45, 7) is 2.00. The van der Waals surface area contributed by atoms with Gasteiger partial charge in [0.2, 0.25) is 0 Å². The Morgan fingerprint density at radius 1 is 0.233 bits per heavy atom. The molecule has 17 rings (SSSR count). The molecule has 0 saturated heterocycles. The quantitative estimate of drug-likeness (QED) is 0.0803. The first kappa shape index (κ1) is 66.7. The Bertz CT molecular complexity index is 4630. The van der Waals surface area contributed by atoms with Gasteiger partial charge in [-0.25, -0.2) is 0 Å². The third-order valence-corrected chi connectivity index (χ3v) is 24.8. The smallest absolute Gasteiger partial charge is 0.126 e. The summed E-state index contributed by atoms with van der Waals surface area (Å²) in [7, 11) is -1.37. The van der Waals surface area contributed by atoms with Crippen molar-refractivity contribution in [2.75, 3.05) is 13.2 Å². The molecule has 2 aliphatic heterocycles. The lowest BCUT2D eigenvalue weighted by Gasteiger charge is -2.24. The maximum absolute atomic E-state index is 7.26. The van der Waals surface area contributed by atoms with E-state index in [4.69, 9.17) is 18.9 Å². The fourth-order valence-electron chi connectivity index (χ4n) is 14.8. The van der Waals surface area contributed by atoms with Gasteiger partial charge in [-0.2, -0.15) is 0 Å². The molecule has 4 nitrogen and oxygen atoms in total. The van der Waals surface area contributed by atoms with Crippen LogP contribution >= 0.6 is 15.8 Å². The average molecular weight is 1370 g/mol. The number of fused-ring (bicyclic) bond motifs is 6. The van der Waals surface area contributed by atoms with Crippen molar-refractivity contribution < 1.29 is 18.9 Å². The van der Waals surface area contributed by atoms with Gasteiger partial charge in [0.05, 0.1) is 13.2 Å². The van der Waals surface area contributed by atoms with Crippen LogP contribution in [0, 0.1) is 0 Å². The second kappa shape index (κ2) is 32.0. The molecular formula is C97H82O4P2. The lowest BCUT2D eigenvalue weighted by molar-refractivity contribution is 0.273. The molecule has 3 aliphatic rings. The Balaban J connectivity index is 0.776. The summed E-state index contributed by atoms with van der Waals surface area (Å²) >= 11 is 0. The summed E-state index contributed by atoms with van der Waals surface area (Å²) in [6, 6.07) is 125. The second-order valence-corrected chi connectivity index (χ2v) is 31.6. The largest absolute Gasteiger partial charge is 0.493 e. The molecule has 2 heterocycles. The van der Waals surface area contributed by atoms with E-state index in [1.807, 2.05) is 0 Å². The fraction of sp³-hybridized carbons (Fsp3) is 0.134. The molecule has 0 amide bonds. The zero-order chi connectivity index (χ0) is 68.9. The molecule has 0 fully saturated rings. The van der Waals surface area contributed by atoms with Gasteiger partial charge in [-0.3, -0.25) is 0 Å². The van der Waals surface area contributed by atoms with Gasteiger partial charge in [-0.15, -0.1) is 0 Å². The van der Waals surface area contributed by atoms with E-state index in [0.29, 0.717) is 52.1 Å². The molecule has 0 unspecified atom stereocenters. The Hall–Kier alpha value is -10.9. The summed E-state index contributed by atoms with van der Waals surface area (Å²) < 4.78 is 29.0. The topological polar surface area (TPSA) is 36.9 Å². The monoisotopic (exact) mass is 1370 g/mol. The molecule has 0 atom stereocenters. The minimum Gasteiger partial charge on any atom is -0.493 e. The molecule has 0 N–H and O–H groups in total. The first-order valence-corrected chi connectivity index (χ1v) is 39.0. The minimum atomic E-state index is -0.685. The standard InChI is InChI=1S/C97H82O4P2/c1-8-24-74(25-9-1)68-100-94-78-28-22-29-79(94)61-85-65-83(77-50-42-71(43-51-77)59-73-46-54-93(55-47-73)103(90-36-16-5-17-37-90)91-38-18-6-19-39-91)67-87-63-81-31-23-30-80(95(81)101-69-75-26-10-2-11-27-75)62-86-66-82(64-84(60-78)96(86)98-56-20-7-21-57-99-97(85)87)76-48-40-70(41-49-76)58-72-44-52-92(53-45-72)102(88-32-12-3-13-33-88)89-34-14-4-15-35-89/h1-6,8-19,22-55,64-67H,7,20-21,56-63,68-69H2. The maximum Gasteiger partial charge on any atom is 0.126 e. The van der Waals surface area contributed by atoms with Gasteiger partial charge in [-0.1, -0.05) is 315 Å². The zero-order valence-corrected chi connectivity index (χ0v) is 59.8. The van der Waals surface area contributed by atoms with Gasteiger partial charge >= 0.3 is 0 Å². The highest BCUT2D eigenvalue weighted by Gasteiger charge is 2.26. The van der Waals surface area contributed by atoms with Crippen LogP contribution in [0.15, 0.2) is 340 Å². The molecule has 0 spiro atoms. The van der Waals surface area contributed by atoms with Crippen LogP contribution in [0.2, 0.25) is 0 Å². The average Bonchev–Trinajstić information content (AvgIpc) is 0.781. The van der Waals surface area contributed by atoms with Crippen molar-refractivity contribution in [3.05, 3.63) is 418 Å². The van der Waals surface area contributed by atoms with Gasteiger partial charge in [0.1, 0.15) is 36.2 Å². The van der Waals surface area contributed by atoms with Crippen LogP contribution in [0.25, 0.3) is 22.3 Å². The first-order valence-electron chi connectivity index (χ1n) is 36.3. The van der Waals surface area contributed by atoms with Gasteiger partial charge in [-0.05, 0) is 204 Å². The molecule has 10 bridgehead atoms. The predicted molar refractivity (Wildman–Crippen MR) is 430 cm³/mol. The number of ether oxygens (including phenoxy) is 4. The van der Waals surface area contributed by atoms with Crippen LogP contribution in [-0.4, -0.2) is 13.2 Å². The third kappa shape index (κ3) is 15.9. The molecule has 14 aromatic carbocycles. The van der Waals surface area contributed by atoms with E-state index in [2.05, 4.69) is 340 Å². The van der Waals surface area contributed by atoms with Gasteiger partial charge < -0.3 is 18.9 Å². The molecular weight excluding hydrogens is 1290 g/mol. The highest BCUT2D eigenvalue weighted by Crippen LogP contribution is 2.44. The summed E-state index contributed by atoms with van der Waals surface area (Å²) in [5, 5.41) is 8.12. The van der Waals surface area contributed by atoms with E-state index < -0.39 is 15.8 Å². The van der Waals surface area contributed by atoms with Crippen LogP contribution in [0.1, 0.15) is 97.2 Å². The van der Waals surface area contributed by atoms with E-state index >= 15 is 0 Å². The van der Waals surface area contributed by atoms with Crippen molar-refractivity contribution in [1.82, 2.24) is 0 Å². The highest BCUT2D eigenvalue weighted by molar-refractivity contribution is 7.80. The minimum absolute atomic E-state index is 0.424. The molecule has 103 heavy (non-hydrogen) atoms. The van der Waals surface area contributed by atoms with Crippen molar-refractivity contribution in [3.8, 4) is 45.3 Å². The Morgan fingerprint density at radius 3 is 0.806 bits per heavy atom. The van der Waals surface area contributed by atoms with Crippen molar-refractivity contribution in [3.63, 3.8) is 0 Å². The van der Waals surface area contributed by atoms with Crippen molar-refractivity contribution in [2.24, 2.45) is 0 Å². The number of para-hydroxylation sites is 2. The number of hydrogen-bond acceptors (Lipinski definition) is 4. The molecule has 504 valence electrons. The van der Waals surface area contributed by atoms with Crippen molar-refractivity contribution in [1.29, 1.82) is 0 Å². The third-order valence-electron chi connectivity index (χ3n) is 19.9.